The van der Waals surface area contributed by atoms with E-state index in [0.717, 1.165) is 31.4 Å². The lowest BCUT2D eigenvalue weighted by Gasteiger charge is -2.22. The molecule has 0 saturated carbocycles. The van der Waals surface area contributed by atoms with E-state index in [2.05, 4.69) is 0 Å². The highest BCUT2D eigenvalue weighted by Crippen LogP contribution is 2.38. The van der Waals surface area contributed by atoms with E-state index in [-0.39, 0.29) is 11.9 Å². The van der Waals surface area contributed by atoms with Crippen molar-refractivity contribution in [2.24, 2.45) is 0 Å². The number of aryl methyl sites for hydroxylation is 1. The van der Waals surface area contributed by atoms with E-state index in [0.29, 0.717) is 24.2 Å². The summed E-state index contributed by atoms with van der Waals surface area (Å²) in [6.45, 7) is 2.96. The van der Waals surface area contributed by atoms with Gasteiger partial charge in [-0.2, -0.15) is 13.2 Å². The van der Waals surface area contributed by atoms with Crippen molar-refractivity contribution >= 4 is 0 Å². The average molecular weight is 364 g/mol. The summed E-state index contributed by atoms with van der Waals surface area (Å²) in [6, 6.07) is 11.6. The topological polar surface area (TPSA) is 18.5 Å². The molecule has 140 valence electrons. The van der Waals surface area contributed by atoms with Gasteiger partial charge in [0.05, 0.1) is 12.2 Å². The number of halogens is 3. The standard InChI is InChI=1S/C21H23F3O2/c1-2-15-8-11-18(19(13-15)21(22,23)24)17-9-6-16(7-10-17)14-26-20-5-3-4-12-25-20/h6-11,13,20H,2-5,12,14H2,1H3. The molecule has 0 aromatic heterocycles. The van der Waals surface area contributed by atoms with E-state index in [9.17, 15) is 13.2 Å². The van der Waals surface area contributed by atoms with Gasteiger partial charge in [0, 0.05) is 6.61 Å². The Balaban J connectivity index is 1.75. The van der Waals surface area contributed by atoms with Crippen molar-refractivity contribution in [1.29, 1.82) is 0 Å². The molecule has 0 N–H and O–H groups in total. The van der Waals surface area contributed by atoms with Crippen molar-refractivity contribution in [2.75, 3.05) is 6.61 Å². The first-order valence-electron chi connectivity index (χ1n) is 9.00. The lowest BCUT2D eigenvalue weighted by atomic mass is 9.96. The third-order valence-corrected chi connectivity index (χ3v) is 4.64. The van der Waals surface area contributed by atoms with Gasteiger partial charge in [-0.05, 0) is 54.0 Å². The van der Waals surface area contributed by atoms with Gasteiger partial charge in [0.1, 0.15) is 0 Å². The van der Waals surface area contributed by atoms with Crippen LogP contribution < -0.4 is 0 Å². The molecule has 1 aliphatic heterocycles. The largest absolute Gasteiger partial charge is 0.417 e. The third kappa shape index (κ3) is 4.65. The number of hydrogen-bond donors (Lipinski definition) is 0. The minimum absolute atomic E-state index is 0.179. The second-order valence-corrected chi connectivity index (χ2v) is 6.54. The molecule has 5 heteroatoms. The van der Waals surface area contributed by atoms with E-state index in [4.69, 9.17) is 9.47 Å². The van der Waals surface area contributed by atoms with Gasteiger partial charge < -0.3 is 9.47 Å². The van der Waals surface area contributed by atoms with Gasteiger partial charge in [-0.25, -0.2) is 0 Å². The molecule has 2 aromatic carbocycles. The molecule has 0 spiro atoms. The molecular formula is C21H23F3O2. The minimum Gasteiger partial charge on any atom is -0.353 e. The maximum atomic E-state index is 13.4. The molecule has 1 atom stereocenters. The predicted octanol–water partition coefficient (Wildman–Crippen LogP) is 5.98. The first-order chi connectivity index (χ1) is 12.5. The fourth-order valence-electron chi connectivity index (χ4n) is 3.11. The van der Waals surface area contributed by atoms with Gasteiger partial charge >= 0.3 is 6.18 Å². The number of benzene rings is 2. The SMILES string of the molecule is CCc1ccc(-c2ccc(COC3CCCCO3)cc2)c(C(F)(F)F)c1. The van der Waals surface area contributed by atoms with Crippen LogP contribution in [0.2, 0.25) is 0 Å². The number of alkyl halides is 3. The maximum absolute atomic E-state index is 13.4. The summed E-state index contributed by atoms with van der Waals surface area (Å²) in [5.74, 6) is 0. The number of rotatable bonds is 5. The molecule has 1 aliphatic rings. The Morgan fingerprint density at radius 1 is 1.04 bits per heavy atom. The molecule has 0 amide bonds. The molecular weight excluding hydrogens is 341 g/mol. The summed E-state index contributed by atoms with van der Waals surface area (Å²) < 4.78 is 51.5. The van der Waals surface area contributed by atoms with Crippen LogP contribution in [0, 0.1) is 0 Å². The zero-order chi connectivity index (χ0) is 18.6. The monoisotopic (exact) mass is 364 g/mol. The molecule has 1 heterocycles. The molecule has 0 radical (unpaired) electrons. The van der Waals surface area contributed by atoms with Crippen molar-refractivity contribution in [2.45, 2.75) is 51.7 Å². The van der Waals surface area contributed by atoms with E-state index >= 15 is 0 Å². The molecule has 2 nitrogen and oxygen atoms in total. The van der Waals surface area contributed by atoms with Crippen LogP contribution in [0.3, 0.4) is 0 Å². The van der Waals surface area contributed by atoms with Gasteiger partial charge in [-0.15, -0.1) is 0 Å². The Bertz CT molecular complexity index is 717. The Morgan fingerprint density at radius 2 is 1.77 bits per heavy atom. The van der Waals surface area contributed by atoms with Crippen LogP contribution in [0.1, 0.15) is 42.9 Å². The zero-order valence-corrected chi connectivity index (χ0v) is 14.8. The van der Waals surface area contributed by atoms with Crippen molar-refractivity contribution in [3.8, 4) is 11.1 Å². The van der Waals surface area contributed by atoms with Crippen LogP contribution in [0.25, 0.3) is 11.1 Å². The molecule has 1 unspecified atom stereocenters. The Morgan fingerprint density at radius 3 is 2.38 bits per heavy atom. The van der Waals surface area contributed by atoms with Crippen LogP contribution in [-0.2, 0) is 28.7 Å². The average Bonchev–Trinajstić information content (AvgIpc) is 2.66. The van der Waals surface area contributed by atoms with Crippen molar-refractivity contribution in [3.63, 3.8) is 0 Å². The smallest absolute Gasteiger partial charge is 0.353 e. The summed E-state index contributed by atoms with van der Waals surface area (Å²) in [7, 11) is 0. The quantitative estimate of drug-likeness (QED) is 0.650. The van der Waals surface area contributed by atoms with Gasteiger partial charge in [0.25, 0.3) is 0 Å². The summed E-state index contributed by atoms with van der Waals surface area (Å²) in [6.07, 6.45) is -0.938. The number of ether oxygens (including phenoxy) is 2. The second kappa shape index (κ2) is 8.23. The van der Waals surface area contributed by atoms with Crippen molar-refractivity contribution in [3.05, 3.63) is 59.2 Å². The van der Waals surface area contributed by atoms with E-state index < -0.39 is 11.7 Å². The van der Waals surface area contributed by atoms with Gasteiger partial charge in [-0.1, -0.05) is 43.3 Å². The predicted molar refractivity (Wildman–Crippen MR) is 94.6 cm³/mol. The molecule has 2 aromatic rings. The van der Waals surface area contributed by atoms with Crippen molar-refractivity contribution in [1.82, 2.24) is 0 Å². The summed E-state index contributed by atoms with van der Waals surface area (Å²) in [5, 5.41) is 0. The van der Waals surface area contributed by atoms with Gasteiger partial charge in [-0.3, -0.25) is 0 Å². The van der Waals surface area contributed by atoms with E-state index in [1.54, 1.807) is 24.3 Å². The second-order valence-electron chi connectivity index (χ2n) is 6.54. The molecule has 1 fully saturated rings. The Hall–Kier alpha value is -1.85. The van der Waals surface area contributed by atoms with Gasteiger partial charge in [0.2, 0.25) is 0 Å². The first kappa shape index (κ1) is 18.9. The summed E-state index contributed by atoms with van der Waals surface area (Å²) >= 11 is 0. The molecule has 0 bridgehead atoms. The summed E-state index contributed by atoms with van der Waals surface area (Å²) in [4.78, 5) is 0. The highest BCUT2D eigenvalue weighted by atomic mass is 19.4. The van der Waals surface area contributed by atoms with Crippen LogP contribution in [0.15, 0.2) is 42.5 Å². The van der Waals surface area contributed by atoms with Crippen molar-refractivity contribution < 1.29 is 22.6 Å². The molecule has 3 rings (SSSR count). The Kier molecular flexibility index (Phi) is 5.99. The Labute approximate surface area is 151 Å². The zero-order valence-electron chi connectivity index (χ0n) is 14.8. The lowest BCUT2D eigenvalue weighted by Crippen LogP contribution is -2.21. The molecule has 1 saturated heterocycles. The van der Waals surface area contributed by atoms with Crippen LogP contribution in [0.4, 0.5) is 13.2 Å². The highest BCUT2D eigenvalue weighted by Gasteiger charge is 2.33. The van der Waals surface area contributed by atoms with E-state index in [1.807, 2.05) is 19.1 Å². The first-order valence-corrected chi connectivity index (χ1v) is 9.00. The molecule has 0 aliphatic carbocycles. The van der Waals surface area contributed by atoms with Gasteiger partial charge in [0.15, 0.2) is 6.29 Å². The number of hydrogen-bond acceptors (Lipinski definition) is 2. The molecule has 26 heavy (non-hydrogen) atoms. The third-order valence-electron chi connectivity index (χ3n) is 4.64. The fourth-order valence-corrected chi connectivity index (χ4v) is 3.11. The van der Waals surface area contributed by atoms with Crippen LogP contribution >= 0.6 is 0 Å². The maximum Gasteiger partial charge on any atom is 0.417 e. The highest BCUT2D eigenvalue weighted by molar-refractivity contribution is 5.68. The van der Waals surface area contributed by atoms with E-state index in [1.165, 1.54) is 6.07 Å². The summed E-state index contributed by atoms with van der Waals surface area (Å²) in [5.41, 5.74) is 1.77. The lowest BCUT2D eigenvalue weighted by molar-refractivity contribution is -0.168. The minimum atomic E-state index is -4.37. The van der Waals surface area contributed by atoms with Crippen LogP contribution in [-0.4, -0.2) is 12.9 Å². The normalized spacial score (nSPS) is 18.1. The van der Waals surface area contributed by atoms with Crippen LogP contribution in [0.5, 0.6) is 0 Å². The fraction of sp³-hybridized carbons (Fsp3) is 0.429.